The maximum absolute atomic E-state index is 12.5. The van der Waals surface area contributed by atoms with E-state index >= 15 is 0 Å². The molecular formula is C21H27N3O4S. The number of amides is 1. The van der Waals surface area contributed by atoms with Gasteiger partial charge in [0.05, 0.1) is 36.3 Å². The van der Waals surface area contributed by atoms with Crippen molar-refractivity contribution >= 4 is 21.6 Å². The van der Waals surface area contributed by atoms with Gasteiger partial charge in [-0.1, -0.05) is 6.07 Å². The number of nitrogens with zero attached hydrogens (tertiary/aromatic N) is 2. The Morgan fingerprint density at radius 2 is 1.90 bits per heavy atom. The van der Waals surface area contributed by atoms with E-state index in [1.807, 2.05) is 32.0 Å². The number of carbonyl (C=O) groups excluding carboxylic acids is 1. The number of ether oxygens (including phenoxy) is 1. The maximum Gasteiger partial charge on any atom is 0.228 e. The van der Waals surface area contributed by atoms with Crippen LogP contribution in [0.25, 0.3) is 0 Å². The Kier molecular flexibility index (Phi) is 5.38. The smallest absolute Gasteiger partial charge is 0.228 e. The number of sulfone groups is 1. The van der Waals surface area contributed by atoms with Gasteiger partial charge in [0.25, 0.3) is 0 Å². The molecule has 1 aliphatic carbocycles. The lowest BCUT2D eigenvalue weighted by Gasteiger charge is -2.14. The summed E-state index contributed by atoms with van der Waals surface area (Å²) >= 11 is 0. The predicted molar refractivity (Wildman–Crippen MR) is 111 cm³/mol. The minimum absolute atomic E-state index is 0.0808. The molecule has 1 aromatic carbocycles. The largest absolute Gasteiger partial charge is 0.493 e. The number of rotatable bonds is 7. The molecule has 8 heteroatoms. The van der Waals surface area contributed by atoms with Crippen LogP contribution >= 0.6 is 0 Å². The first-order valence-corrected chi connectivity index (χ1v) is 11.9. The van der Waals surface area contributed by atoms with E-state index in [0.29, 0.717) is 18.2 Å². The quantitative estimate of drug-likeness (QED) is 0.747. The van der Waals surface area contributed by atoms with Crippen LogP contribution in [0, 0.1) is 13.8 Å². The molecule has 156 valence electrons. The van der Waals surface area contributed by atoms with Crippen molar-refractivity contribution in [3.63, 3.8) is 0 Å². The Bertz CT molecular complexity index is 1000. The first-order chi connectivity index (χ1) is 13.8. The third kappa shape index (κ3) is 4.98. The summed E-state index contributed by atoms with van der Waals surface area (Å²) in [7, 11) is -3.03. The van der Waals surface area contributed by atoms with Gasteiger partial charge in [-0.25, -0.2) is 13.1 Å². The molecule has 29 heavy (non-hydrogen) atoms. The SMILES string of the molecule is Cc1cc(C)cc(OCCC(=O)Nc2cc(C3CC3)nn2[C@H]2CCS(=O)(=O)C2)c1. The lowest BCUT2D eigenvalue weighted by atomic mass is 10.1. The highest BCUT2D eigenvalue weighted by atomic mass is 32.2. The van der Waals surface area contributed by atoms with Crippen LogP contribution in [0.4, 0.5) is 5.82 Å². The first kappa shape index (κ1) is 19.9. The molecule has 2 fully saturated rings. The zero-order valence-electron chi connectivity index (χ0n) is 16.8. The summed E-state index contributed by atoms with van der Waals surface area (Å²) in [6.45, 7) is 4.29. The molecule has 0 radical (unpaired) electrons. The van der Waals surface area contributed by atoms with Crippen molar-refractivity contribution in [2.45, 2.75) is 51.5 Å². The fourth-order valence-electron chi connectivity index (χ4n) is 3.82. The number of nitrogens with one attached hydrogen (secondary N) is 1. The van der Waals surface area contributed by atoms with Crippen molar-refractivity contribution in [3.8, 4) is 5.75 Å². The van der Waals surface area contributed by atoms with Crippen LogP contribution in [0.3, 0.4) is 0 Å². The van der Waals surface area contributed by atoms with Crippen LogP contribution in [0.1, 0.15) is 54.5 Å². The lowest BCUT2D eigenvalue weighted by Crippen LogP contribution is -2.20. The summed E-state index contributed by atoms with van der Waals surface area (Å²) in [4.78, 5) is 12.5. The molecule has 1 N–H and O–H groups in total. The van der Waals surface area contributed by atoms with E-state index in [1.165, 1.54) is 0 Å². The third-order valence-corrected chi connectivity index (χ3v) is 7.12. The van der Waals surface area contributed by atoms with E-state index in [2.05, 4.69) is 16.5 Å². The Morgan fingerprint density at radius 1 is 1.17 bits per heavy atom. The highest BCUT2D eigenvalue weighted by Crippen LogP contribution is 2.41. The summed E-state index contributed by atoms with van der Waals surface area (Å²) < 4.78 is 31.2. The third-order valence-electron chi connectivity index (χ3n) is 5.37. The second-order valence-corrected chi connectivity index (χ2v) is 10.4. The van der Waals surface area contributed by atoms with E-state index in [4.69, 9.17) is 4.74 Å². The summed E-state index contributed by atoms with van der Waals surface area (Å²) in [5.74, 6) is 1.86. The van der Waals surface area contributed by atoms with Gasteiger partial charge < -0.3 is 10.1 Å². The van der Waals surface area contributed by atoms with Crippen LogP contribution in [0.5, 0.6) is 5.75 Å². The van der Waals surface area contributed by atoms with Gasteiger partial charge in [-0.3, -0.25) is 4.79 Å². The fraction of sp³-hybridized carbons (Fsp3) is 0.524. The molecule has 1 aromatic heterocycles. The van der Waals surface area contributed by atoms with E-state index < -0.39 is 9.84 Å². The summed E-state index contributed by atoms with van der Waals surface area (Å²) in [5, 5.41) is 7.54. The second-order valence-electron chi connectivity index (χ2n) is 8.20. The summed E-state index contributed by atoms with van der Waals surface area (Å²) in [6, 6.07) is 7.65. The number of hydrogen-bond acceptors (Lipinski definition) is 5. The van der Waals surface area contributed by atoms with E-state index in [9.17, 15) is 13.2 Å². The molecule has 1 aliphatic heterocycles. The maximum atomic E-state index is 12.5. The summed E-state index contributed by atoms with van der Waals surface area (Å²) in [6.07, 6.45) is 2.93. The van der Waals surface area contributed by atoms with Gasteiger partial charge >= 0.3 is 0 Å². The van der Waals surface area contributed by atoms with Gasteiger partial charge in [0, 0.05) is 12.0 Å². The van der Waals surface area contributed by atoms with E-state index in [0.717, 1.165) is 35.4 Å². The van der Waals surface area contributed by atoms with Crippen molar-refractivity contribution < 1.29 is 17.9 Å². The molecule has 7 nitrogen and oxygen atoms in total. The zero-order valence-corrected chi connectivity index (χ0v) is 17.7. The molecule has 2 aromatic rings. The number of aromatic nitrogens is 2. The van der Waals surface area contributed by atoms with E-state index in [1.54, 1.807) is 4.68 Å². The molecule has 1 saturated carbocycles. The van der Waals surface area contributed by atoms with Gasteiger partial charge in [-0.2, -0.15) is 5.10 Å². The molecular weight excluding hydrogens is 390 g/mol. The van der Waals surface area contributed by atoms with Gasteiger partial charge in [-0.05, 0) is 56.4 Å². The zero-order chi connectivity index (χ0) is 20.6. The highest BCUT2D eigenvalue weighted by Gasteiger charge is 2.34. The van der Waals surface area contributed by atoms with E-state index in [-0.39, 0.29) is 36.5 Å². The van der Waals surface area contributed by atoms with Crippen LogP contribution in [-0.2, 0) is 14.6 Å². The monoisotopic (exact) mass is 417 g/mol. The number of anilines is 1. The number of benzene rings is 1. The molecule has 2 heterocycles. The second kappa shape index (κ2) is 7.82. The van der Waals surface area contributed by atoms with Crippen molar-refractivity contribution in [2.75, 3.05) is 23.4 Å². The van der Waals surface area contributed by atoms with Gasteiger partial charge in [-0.15, -0.1) is 0 Å². The Labute approximate surface area is 171 Å². The molecule has 2 aliphatic rings. The molecule has 4 rings (SSSR count). The van der Waals surface area contributed by atoms with Crippen molar-refractivity contribution in [1.82, 2.24) is 9.78 Å². The lowest BCUT2D eigenvalue weighted by molar-refractivity contribution is -0.116. The van der Waals surface area contributed by atoms with Crippen LogP contribution in [0.2, 0.25) is 0 Å². The molecule has 0 bridgehead atoms. The first-order valence-electron chi connectivity index (χ1n) is 10.1. The number of aryl methyl sites for hydroxylation is 2. The topological polar surface area (TPSA) is 90.3 Å². The average molecular weight is 418 g/mol. The summed E-state index contributed by atoms with van der Waals surface area (Å²) in [5.41, 5.74) is 3.18. The fourth-order valence-corrected chi connectivity index (χ4v) is 5.51. The molecule has 0 unspecified atom stereocenters. The van der Waals surface area contributed by atoms with Crippen molar-refractivity contribution in [2.24, 2.45) is 0 Å². The van der Waals surface area contributed by atoms with Crippen molar-refractivity contribution in [3.05, 3.63) is 41.1 Å². The van der Waals surface area contributed by atoms with Crippen LogP contribution < -0.4 is 10.1 Å². The predicted octanol–water partition coefficient (Wildman–Crippen LogP) is 3.14. The minimum atomic E-state index is -3.03. The van der Waals surface area contributed by atoms with Gasteiger partial charge in [0.2, 0.25) is 5.91 Å². The average Bonchev–Trinajstić information content (AvgIpc) is 3.29. The Morgan fingerprint density at radius 3 is 2.52 bits per heavy atom. The molecule has 1 amide bonds. The van der Waals surface area contributed by atoms with Crippen LogP contribution in [-0.4, -0.2) is 42.2 Å². The Balaban J connectivity index is 1.39. The molecule has 1 atom stereocenters. The highest BCUT2D eigenvalue weighted by molar-refractivity contribution is 7.91. The normalized spacial score (nSPS) is 20.6. The minimum Gasteiger partial charge on any atom is -0.493 e. The number of hydrogen-bond donors (Lipinski definition) is 1. The molecule has 1 saturated heterocycles. The Hall–Kier alpha value is -2.35. The molecule has 0 spiro atoms. The van der Waals surface area contributed by atoms with Gasteiger partial charge in [0.1, 0.15) is 11.6 Å². The standard InChI is InChI=1S/C21H27N3O4S/c1-14-9-15(2)11-18(10-14)28-7-5-21(25)22-20-12-19(16-3-4-16)23-24(20)17-6-8-29(26,27)13-17/h9-12,16-17H,3-8,13H2,1-2H3,(H,22,25)/t17-/m0/s1. The van der Waals surface area contributed by atoms with Crippen molar-refractivity contribution in [1.29, 1.82) is 0 Å². The van der Waals surface area contributed by atoms with Gasteiger partial charge in [0.15, 0.2) is 9.84 Å². The number of carbonyl (C=O) groups is 1. The van der Waals surface area contributed by atoms with Crippen LogP contribution in [0.15, 0.2) is 24.3 Å².